The fraction of sp³-hybridized carbons (Fsp3) is 0. The van der Waals surface area contributed by atoms with E-state index < -0.39 is 0 Å². The van der Waals surface area contributed by atoms with E-state index in [1.54, 1.807) is 22.8 Å². The maximum Gasteiger partial charge on any atom is 0.240 e. The van der Waals surface area contributed by atoms with Crippen molar-refractivity contribution < 1.29 is 0 Å². The Morgan fingerprint density at radius 2 is 2.08 bits per heavy atom. The van der Waals surface area contributed by atoms with Gasteiger partial charge in [0.05, 0.1) is 0 Å². The van der Waals surface area contributed by atoms with Crippen molar-refractivity contribution in [3.05, 3.63) is 18.3 Å². The molecule has 0 spiro atoms. The van der Waals surface area contributed by atoms with Crippen LogP contribution in [-0.2, 0) is 0 Å². The van der Waals surface area contributed by atoms with E-state index in [4.69, 9.17) is 11.5 Å². The summed E-state index contributed by atoms with van der Waals surface area (Å²) in [5.41, 5.74) is 12.2. The minimum absolute atomic E-state index is 0. The Morgan fingerprint density at radius 1 is 1.33 bits per heavy atom. The number of hydrogen-bond acceptors (Lipinski definition) is 4. The van der Waals surface area contributed by atoms with Crippen LogP contribution >= 0.6 is 12.4 Å². The fourth-order valence-corrected chi connectivity index (χ4v) is 0.915. The molecule has 4 N–H and O–H groups in total. The van der Waals surface area contributed by atoms with Crippen molar-refractivity contribution in [1.82, 2.24) is 14.6 Å². The Hall–Kier alpha value is -1.49. The molecule has 0 bridgehead atoms. The Labute approximate surface area is 74.8 Å². The van der Waals surface area contributed by atoms with Crippen LogP contribution in [0.25, 0.3) is 5.65 Å². The maximum atomic E-state index is 5.51. The highest BCUT2D eigenvalue weighted by Gasteiger charge is 1.97. The predicted octanol–water partition coefficient (Wildman–Crippen LogP) is 0.316. The van der Waals surface area contributed by atoms with Crippen LogP contribution in [0.5, 0.6) is 0 Å². The summed E-state index contributed by atoms with van der Waals surface area (Å²) in [7, 11) is 0. The van der Waals surface area contributed by atoms with Crippen LogP contribution in [-0.4, -0.2) is 14.6 Å². The van der Waals surface area contributed by atoms with Crippen molar-refractivity contribution in [3.8, 4) is 0 Å². The van der Waals surface area contributed by atoms with Crippen LogP contribution in [0.3, 0.4) is 0 Å². The number of nitrogens with zero attached hydrogens (tertiary/aromatic N) is 3. The molecule has 0 aliphatic heterocycles. The van der Waals surface area contributed by atoms with Crippen LogP contribution < -0.4 is 11.5 Å². The van der Waals surface area contributed by atoms with E-state index in [0.29, 0.717) is 11.3 Å². The first-order chi connectivity index (χ1) is 5.25. The average Bonchev–Trinajstić information content (AvgIpc) is 2.27. The number of aromatic nitrogens is 3. The second-order valence-electron chi connectivity index (χ2n) is 2.23. The molecule has 5 nitrogen and oxygen atoms in total. The van der Waals surface area contributed by atoms with Gasteiger partial charge in [-0.3, -0.25) is 0 Å². The Kier molecular flexibility index (Phi) is 2.05. The van der Waals surface area contributed by atoms with E-state index in [1.807, 2.05) is 0 Å². The minimum Gasteiger partial charge on any atom is -0.399 e. The molecule has 0 saturated heterocycles. The van der Waals surface area contributed by atoms with E-state index in [0.717, 1.165) is 0 Å². The number of fused-ring (bicyclic) bond motifs is 1. The molecule has 0 aliphatic rings. The summed E-state index contributed by atoms with van der Waals surface area (Å²) in [5.74, 6) is 0.260. The van der Waals surface area contributed by atoms with Crippen molar-refractivity contribution in [1.29, 1.82) is 0 Å². The largest absolute Gasteiger partial charge is 0.399 e. The number of anilines is 2. The number of pyridine rings is 1. The topological polar surface area (TPSA) is 82.2 Å². The van der Waals surface area contributed by atoms with Gasteiger partial charge in [-0.1, -0.05) is 0 Å². The minimum atomic E-state index is 0. The van der Waals surface area contributed by atoms with Crippen LogP contribution in [0.2, 0.25) is 0 Å². The maximum absolute atomic E-state index is 5.51. The van der Waals surface area contributed by atoms with Crippen LogP contribution in [0.15, 0.2) is 18.3 Å². The third-order valence-corrected chi connectivity index (χ3v) is 1.38. The molecule has 0 radical (unpaired) electrons. The molecule has 12 heavy (non-hydrogen) atoms. The number of halogens is 1. The predicted molar refractivity (Wildman–Crippen MR) is 49.1 cm³/mol. The average molecular weight is 186 g/mol. The Bertz CT molecular complexity index is 396. The van der Waals surface area contributed by atoms with Crippen LogP contribution in [0.4, 0.5) is 11.6 Å². The Morgan fingerprint density at radius 3 is 2.83 bits per heavy atom. The summed E-state index contributed by atoms with van der Waals surface area (Å²) in [6, 6.07) is 3.45. The molecule has 0 atom stereocenters. The standard InChI is InChI=1S/C6H7N5.ClH/c7-4-1-2-11-5(3-4)9-6(8)10-11;/h1-3H,7H2,(H2,8,10);1H. The molecule has 0 fully saturated rings. The summed E-state index contributed by atoms with van der Waals surface area (Å²) < 4.78 is 1.58. The number of nitrogen functional groups attached to an aromatic ring is 2. The monoisotopic (exact) mass is 185 g/mol. The molecular formula is C6H8ClN5. The van der Waals surface area contributed by atoms with Crippen LogP contribution in [0.1, 0.15) is 0 Å². The van der Waals surface area contributed by atoms with Crippen molar-refractivity contribution in [2.75, 3.05) is 11.5 Å². The van der Waals surface area contributed by atoms with E-state index in [2.05, 4.69) is 10.1 Å². The van der Waals surface area contributed by atoms with Crippen molar-refractivity contribution in [2.24, 2.45) is 0 Å². The van der Waals surface area contributed by atoms with Gasteiger partial charge >= 0.3 is 0 Å². The number of rotatable bonds is 0. The molecule has 6 heteroatoms. The van der Waals surface area contributed by atoms with Crippen molar-refractivity contribution in [3.63, 3.8) is 0 Å². The van der Waals surface area contributed by atoms with Gasteiger partial charge in [-0.15, -0.1) is 17.5 Å². The SMILES string of the molecule is Cl.Nc1ccn2nc(N)nc2c1. The molecule has 0 aromatic carbocycles. The van der Waals surface area contributed by atoms with Crippen molar-refractivity contribution >= 4 is 29.7 Å². The lowest BCUT2D eigenvalue weighted by molar-refractivity contribution is 0.969. The van der Waals surface area contributed by atoms with E-state index >= 15 is 0 Å². The van der Waals surface area contributed by atoms with Gasteiger partial charge in [0.2, 0.25) is 5.95 Å². The molecule has 0 unspecified atom stereocenters. The molecule has 2 heterocycles. The lowest BCUT2D eigenvalue weighted by Gasteiger charge is -1.90. The number of hydrogen-bond donors (Lipinski definition) is 2. The van der Waals surface area contributed by atoms with Gasteiger partial charge in [0, 0.05) is 18.0 Å². The van der Waals surface area contributed by atoms with Gasteiger partial charge in [-0.2, -0.15) is 4.98 Å². The van der Waals surface area contributed by atoms with Crippen molar-refractivity contribution in [2.45, 2.75) is 0 Å². The molecule has 0 amide bonds. The van der Waals surface area contributed by atoms with Crippen LogP contribution in [0, 0.1) is 0 Å². The first-order valence-electron chi connectivity index (χ1n) is 3.13. The van der Waals surface area contributed by atoms with Gasteiger partial charge < -0.3 is 11.5 Å². The van der Waals surface area contributed by atoms with Gasteiger partial charge in [0.25, 0.3) is 0 Å². The normalized spacial score (nSPS) is 9.67. The zero-order chi connectivity index (χ0) is 7.84. The third-order valence-electron chi connectivity index (χ3n) is 1.38. The lowest BCUT2D eigenvalue weighted by Crippen LogP contribution is -1.90. The first-order valence-corrected chi connectivity index (χ1v) is 3.13. The highest BCUT2D eigenvalue weighted by molar-refractivity contribution is 5.85. The molecule has 2 rings (SSSR count). The lowest BCUT2D eigenvalue weighted by atomic mass is 10.4. The van der Waals surface area contributed by atoms with Gasteiger partial charge in [-0.05, 0) is 6.07 Å². The molecule has 2 aromatic heterocycles. The molecular weight excluding hydrogens is 178 g/mol. The molecule has 0 aliphatic carbocycles. The highest BCUT2D eigenvalue weighted by Crippen LogP contribution is 2.06. The molecule has 2 aromatic rings. The number of nitrogens with two attached hydrogens (primary N) is 2. The molecule has 64 valence electrons. The van der Waals surface area contributed by atoms with Gasteiger partial charge in [0.1, 0.15) is 0 Å². The first kappa shape index (κ1) is 8.61. The summed E-state index contributed by atoms with van der Waals surface area (Å²) >= 11 is 0. The van der Waals surface area contributed by atoms with E-state index in [-0.39, 0.29) is 18.4 Å². The van der Waals surface area contributed by atoms with Gasteiger partial charge in [0.15, 0.2) is 5.65 Å². The zero-order valence-electron chi connectivity index (χ0n) is 6.14. The summed E-state index contributed by atoms with van der Waals surface area (Å²) in [6.45, 7) is 0. The highest BCUT2D eigenvalue weighted by atomic mass is 35.5. The second kappa shape index (κ2) is 2.86. The summed E-state index contributed by atoms with van der Waals surface area (Å²) in [6.07, 6.45) is 1.72. The quantitative estimate of drug-likeness (QED) is 0.619. The third kappa shape index (κ3) is 1.26. The second-order valence-corrected chi connectivity index (χ2v) is 2.23. The zero-order valence-corrected chi connectivity index (χ0v) is 6.95. The van der Waals surface area contributed by atoms with E-state index in [1.165, 1.54) is 0 Å². The summed E-state index contributed by atoms with van der Waals surface area (Å²) in [5, 5.41) is 3.88. The molecule has 0 saturated carbocycles. The van der Waals surface area contributed by atoms with Gasteiger partial charge in [-0.25, -0.2) is 4.52 Å². The smallest absolute Gasteiger partial charge is 0.240 e. The van der Waals surface area contributed by atoms with E-state index in [9.17, 15) is 0 Å². The Balaban J connectivity index is 0.000000720. The summed E-state index contributed by atoms with van der Waals surface area (Å²) in [4.78, 5) is 3.92. The fourth-order valence-electron chi connectivity index (χ4n) is 0.915.